The van der Waals surface area contributed by atoms with E-state index in [-0.39, 0.29) is 5.82 Å². The number of rotatable bonds is 2. The molecule has 0 atom stereocenters. The predicted molar refractivity (Wildman–Crippen MR) is 72.1 cm³/mol. The molecule has 2 heterocycles. The highest BCUT2D eigenvalue weighted by molar-refractivity contribution is 6.33. The van der Waals surface area contributed by atoms with Gasteiger partial charge >= 0.3 is 0 Å². The van der Waals surface area contributed by atoms with E-state index in [2.05, 4.69) is 4.98 Å². The van der Waals surface area contributed by atoms with Gasteiger partial charge in [0.25, 0.3) is 0 Å². The van der Waals surface area contributed by atoms with E-state index in [0.29, 0.717) is 27.7 Å². The van der Waals surface area contributed by atoms with Crippen molar-refractivity contribution < 1.29 is 9.13 Å². The number of pyridine rings is 1. The number of nitrogens with zero attached hydrogens (tertiary/aromatic N) is 2. The SMILES string of the molecule is COc1cccn2cc(-c3ccc(F)cc3Cl)nc12. The van der Waals surface area contributed by atoms with E-state index >= 15 is 0 Å². The Bertz CT molecular complexity index is 754. The van der Waals surface area contributed by atoms with Crippen molar-refractivity contribution in [2.75, 3.05) is 7.11 Å². The summed E-state index contributed by atoms with van der Waals surface area (Å²) in [5.41, 5.74) is 2.06. The van der Waals surface area contributed by atoms with Crippen LogP contribution < -0.4 is 4.74 Å². The van der Waals surface area contributed by atoms with Crippen molar-refractivity contribution in [2.45, 2.75) is 0 Å². The minimum atomic E-state index is -0.366. The zero-order chi connectivity index (χ0) is 13.4. The first-order valence-corrected chi connectivity index (χ1v) is 6.04. The molecule has 0 N–H and O–H groups in total. The van der Waals surface area contributed by atoms with Crippen LogP contribution >= 0.6 is 11.6 Å². The van der Waals surface area contributed by atoms with Crippen LogP contribution in [0.25, 0.3) is 16.9 Å². The quantitative estimate of drug-likeness (QED) is 0.712. The van der Waals surface area contributed by atoms with Crippen molar-refractivity contribution in [3.05, 3.63) is 53.6 Å². The van der Waals surface area contributed by atoms with Crippen LogP contribution in [0.4, 0.5) is 4.39 Å². The first-order chi connectivity index (χ1) is 9.19. The second-order valence-corrected chi connectivity index (χ2v) is 4.46. The van der Waals surface area contributed by atoms with Crippen LogP contribution in [0.3, 0.4) is 0 Å². The molecular weight excluding hydrogens is 267 g/mol. The fourth-order valence-electron chi connectivity index (χ4n) is 1.97. The maximum atomic E-state index is 13.1. The molecule has 0 spiro atoms. The molecule has 0 fully saturated rings. The maximum Gasteiger partial charge on any atom is 0.180 e. The number of fused-ring (bicyclic) bond motifs is 1. The zero-order valence-electron chi connectivity index (χ0n) is 10.1. The van der Waals surface area contributed by atoms with Gasteiger partial charge in [-0.3, -0.25) is 0 Å². The van der Waals surface area contributed by atoms with E-state index in [0.717, 1.165) is 0 Å². The van der Waals surface area contributed by atoms with Crippen molar-refractivity contribution in [3.63, 3.8) is 0 Å². The third kappa shape index (κ3) is 2.04. The lowest BCUT2D eigenvalue weighted by Crippen LogP contribution is -1.88. The molecule has 0 bridgehead atoms. The lowest BCUT2D eigenvalue weighted by molar-refractivity contribution is 0.417. The molecule has 0 radical (unpaired) electrons. The molecular formula is C14H10ClFN2O. The van der Waals surface area contributed by atoms with Crippen LogP contribution in [0.2, 0.25) is 5.02 Å². The van der Waals surface area contributed by atoms with Crippen LogP contribution in [0.5, 0.6) is 5.75 Å². The number of hydrogen-bond acceptors (Lipinski definition) is 2. The smallest absolute Gasteiger partial charge is 0.180 e. The number of aromatic nitrogens is 2. The van der Waals surface area contributed by atoms with Gasteiger partial charge < -0.3 is 9.14 Å². The molecule has 3 aromatic rings. The molecule has 0 aliphatic carbocycles. The van der Waals surface area contributed by atoms with Gasteiger partial charge in [-0.15, -0.1) is 0 Å². The van der Waals surface area contributed by atoms with Gasteiger partial charge in [-0.1, -0.05) is 11.6 Å². The summed E-state index contributed by atoms with van der Waals surface area (Å²) in [6.07, 6.45) is 3.70. The van der Waals surface area contributed by atoms with Crippen molar-refractivity contribution >= 4 is 17.2 Å². The molecule has 3 rings (SSSR count). The third-order valence-corrected chi connectivity index (χ3v) is 3.19. The maximum absolute atomic E-state index is 13.1. The standard InChI is InChI=1S/C14H10ClFN2O/c1-19-13-3-2-6-18-8-12(17-14(13)18)10-5-4-9(16)7-11(10)15/h2-8H,1H3. The highest BCUT2D eigenvalue weighted by Gasteiger charge is 2.11. The number of hydrogen-bond donors (Lipinski definition) is 0. The Morgan fingerprint density at radius 2 is 2.16 bits per heavy atom. The van der Waals surface area contributed by atoms with Gasteiger partial charge in [-0.2, -0.15) is 0 Å². The summed E-state index contributed by atoms with van der Waals surface area (Å²) in [6, 6.07) is 7.95. The van der Waals surface area contributed by atoms with Crippen LogP contribution in [0.15, 0.2) is 42.7 Å². The molecule has 0 saturated carbocycles. The monoisotopic (exact) mass is 276 g/mol. The minimum Gasteiger partial charge on any atom is -0.493 e. The summed E-state index contributed by atoms with van der Waals surface area (Å²) in [5.74, 6) is 0.307. The molecule has 1 aromatic carbocycles. The number of benzene rings is 1. The molecule has 0 aliphatic rings. The second kappa shape index (κ2) is 4.55. The predicted octanol–water partition coefficient (Wildman–Crippen LogP) is 3.80. The van der Waals surface area contributed by atoms with Gasteiger partial charge in [0.1, 0.15) is 5.82 Å². The lowest BCUT2D eigenvalue weighted by Gasteiger charge is -2.00. The van der Waals surface area contributed by atoms with E-state index in [1.807, 2.05) is 28.9 Å². The zero-order valence-corrected chi connectivity index (χ0v) is 10.9. The van der Waals surface area contributed by atoms with Crippen LogP contribution in [0.1, 0.15) is 0 Å². The van der Waals surface area contributed by atoms with E-state index in [4.69, 9.17) is 16.3 Å². The average molecular weight is 277 g/mol. The number of ether oxygens (including phenoxy) is 1. The molecule has 2 aromatic heterocycles. The van der Waals surface area contributed by atoms with Gasteiger partial charge in [0.05, 0.1) is 17.8 Å². The first-order valence-electron chi connectivity index (χ1n) is 5.66. The fraction of sp³-hybridized carbons (Fsp3) is 0.0714. The van der Waals surface area contributed by atoms with E-state index in [9.17, 15) is 4.39 Å². The summed E-state index contributed by atoms with van der Waals surface area (Å²) in [5, 5.41) is 0.336. The Morgan fingerprint density at radius 1 is 1.32 bits per heavy atom. The highest BCUT2D eigenvalue weighted by atomic mass is 35.5. The van der Waals surface area contributed by atoms with E-state index < -0.39 is 0 Å². The summed E-state index contributed by atoms with van der Waals surface area (Å²) in [4.78, 5) is 4.48. The van der Waals surface area contributed by atoms with Crippen LogP contribution in [-0.4, -0.2) is 16.5 Å². The lowest BCUT2D eigenvalue weighted by atomic mass is 10.2. The summed E-state index contributed by atoms with van der Waals surface area (Å²) in [6.45, 7) is 0. The molecule has 0 aliphatic heterocycles. The number of halogens is 2. The Hall–Kier alpha value is -2.07. The Morgan fingerprint density at radius 3 is 2.89 bits per heavy atom. The molecule has 3 nitrogen and oxygen atoms in total. The Labute approximate surface area is 114 Å². The molecule has 96 valence electrons. The van der Waals surface area contributed by atoms with Crippen molar-refractivity contribution in [2.24, 2.45) is 0 Å². The van der Waals surface area contributed by atoms with Crippen molar-refractivity contribution in [1.29, 1.82) is 0 Å². The van der Waals surface area contributed by atoms with E-state index in [1.54, 1.807) is 13.2 Å². The van der Waals surface area contributed by atoms with Crippen LogP contribution in [0, 0.1) is 5.82 Å². The van der Waals surface area contributed by atoms with Crippen molar-refractivity contribution in [3.8, 4) is 17.0 Å². The van der Waals surface area contributed by atoms with Gasteiger partial charge in [0.2, 0.25) is 0 Å². The molecule has 0 saturated heterocycles. The first kappa shape index (κ1) is 12.0. The van der Waals surface area contributed by atoms with Gasteiger partial charge in [0, 0.05) is 18.0 Å². The Kier molecular flexibility index (Phi) is 2.87. The van der Waals surface area contributed by atoms with E-state index in [1.165, 1.54) is 12.1 Å². The molecule has 0 unspecified atom stereocenters. The van der Waals surface area contributed by atoms with Crippen molar-refractivity contribution in [1.82, 2.24) is 9.38 Å². The average Bonchev–Trinajstić information content (AvgIpc) is 2.81. The highest BCUT2D eigenvalue weighted by Crippen LogP contribution is 2.29. The number of methoxy groups -OCH3 is 1. The molecule has 19 heavy (non-hydrogen) atoms. The third-order valence-electron chi connectivity index (χ3n) is 2.87. The second-order valence-electron chi connectivity index (χ2n) is 4.06. The Balaban J connectivity index is 2.20. The van der Waals surface area contributed by atoms with Crippen LogP contribution in [-0.2, 0) is 0 Å². The van der Waals surface area contributed by atoms with Gasteiger partial charge in [-0.25, -0.2) is 9.37 Å². The fourth-order valence-corrected chi connectivity index (χ4v) is 2.24. The number of imidazole rings is 1. The van der Waals surface area contributed by atoms with Gasteiger partial charge in [0.15, 0.2) is 11.4 Å². The topological polar surface area (TPSA) is 26.5 Å². The molecule has 5 heteroatoms. The normalized spacial score (nSPS) is 10.9. The summed E-state index contributed by atoms with van der Waals surface area (Å²) >= 11 is 6.04. The minimum absolute atomic E-state index is 0.336. The van der Waals surface area contributed by atoms with Gasteiger partial charge in [-0.05, 0) is 30.3 Å². The molecule has 0 amide bonds. The largest absolute Gasteiger partial charge is 0.493 e. The summed E-state index contributed by atoms with van der Waals surface area (Å²) in [7, 11) is 1.59. The summed E-state index contributed by atoms with van der Waals surface area (Å²) < 4.78 is 20.1.